The van der Waals surface area contributed by atoms with E-state index in [2.05, 4.69) is 5.32 Å². The minimum absolute atomic E-state index is 0.196. The van der Waals surface area contributed by atoms with Gasteiger partial charge in [0.05, 0.1) is 0 Å². The fraction of sp³-hybridized carbons (Fsp3) is 0.158. The molecule has 2 rings (SSSR count). The molecule has 1 aromatic heterocycles. The molecule has 1 amide bonds. The van der Waals surface area contributed by atoms with Crippen LogP contribution in [-0.2, 0) is 11.8 Å². The van der Waals surface area contributed by atoms with E-state index in [1.165, 1.54) is 37.4 Å². The van der Waals surface area contributed by atoms with Crippen molar-refractivity contribution >= 4 is 18.0 Å². The van der Waals surface area contributed by atoms with Gasteiger partial charge in [0, 0.05) is 25.4 Å². The molecule has 0 bridgehead atoms. The van der Waals surface area contributed by atoms with Crippen LogP contribution in [0, 0.1) is 29.6 Å². The van der Waals surface area contributed by atoms with Crippen LogP contribution in [0.15, 0.2) is 35.9 Å². The summed E-state index contributed by atoms with van der Waals surface area (Å²) in [5.41, 5.74) is 1.99. The van der Waals surface area contributed by atoms with Crippen molar-refractivity contribution in [3.8, 4) is 17.9 Å². The number of nitrogens with one attached hydrogen (secondary N) is 1. The average Bonchev–Trinajstić information content (AvgIpc) is 2.93. The van der Waals surface area contributed by atoms with E-state index in [9.17, 15) is 14.9 Å². The smallest absolute Gasteiger partial charge is 0.354 e. The summed E-state index contributed by atoms with van der Waals surface area (Å²) >= 11 is 0. The number of esters is 1. The molecule has 0 fully saturated rings. The van der Waals surface area contributed by atoms with Crippen LogP contribution in [0.2, 0.25) is 0 Å². The van der Waals surface area contributed by atoms with Gasteiger partial charge in [0.1, 0.15) is 29.2 Å². The number of carbonyl (C=O) groups excluding carboxylic acids is 2. The SMILES string of the molecule is CNC(=O)c1ccc(OC(=O)/C(C#N)=C/c2cc(C#N)n(C)c2C)cc1. The van der Waals surface area contributed by atoms with E-state index in [-0.39, 0.29) is 17.2 Å². The summed E-state index contributed by atoms with van der Waals surface area (Å²) in [5.74, 6) is -0.860. The van der Waals surface area contributed by atoms with Gasteiger partial charge in [-0.2, -0.15) is 10.5 Å². The number of hydrogen-bond acceptors (Lipinski definition) is 5. The summed E-state index contributed by atoms with van der Waals surface area (Å²) < 4.78 is 6.85. The highest BCUT2D eigenvalue weighted by Crippen LogP contribution is 2.19. The molecule has 0 radical (unpaired) electrons. The van der Waals surface area contributed by atoms with E-state index in [4.69, 9.17) is 10.00 Å². The maximum Gasteiger partial charge on any atom is 0.354 e. The van der Waals surface area contributed by atoms with Crippen molar-refractivity contribution in [1.29, 1.82) is 10.5 Å². The van der Waals surface area contributed by atoms with E-state index >= 15 is 0 Å². The number of aromatic nitrogens is 1. The standard InChI is InChI=1S/C19H16N4O3/c1-12-14(9-16(11-21)23(12)3)8-15(10-20)19(25)26-17-6-4-13(5-7-17)18(24)22-2/h4-9H,1-3H3,(H,22,24)/b15-8+. The van der Waals surface area contributed by atoms with Crippen molar-refractivity contribution in [1.82, 2.24) is 9.88 Å². The van der Waals surface area contributed by atoms with Gasteiger partial charge < -0.3 is 14.6 Å². The molecule has 0 spiro atoms. The first kappa shape index (κ1) is 18.5. The number of hydrogen-bond donors (Lipinski definition) is 1. The van der Waals surface area contributed by atoms with Gasteiger partial charge in [-0.1, -0.05) is 0 Å². The largest absolute Gasteiger partial charge is 0.422 e. The lowest BCUT2D eigenvalue weighted by molar-refractivity contribution is -0.129. The van der Waals surface area contributed by atoms with Gasteiger partial charge in [0.15, 0.2) is 0 Å². The minimum atomic E-state index is -0.818. The van der Waals surface area contributed by atoms with E-state index < -0.39 is 5.97 Å². The number of amides is 1. The third-order valence-electron chi connectivity index (χ3n) is 3.88. The van der Waals surface area contributed by atoms with Crippen molar-refractivity contribution in [2.24, 2.45) is 7.05 Å². The monoisotopic (exact) mass is 348 g/mol. The maximum absolute atomic E-state index is 12.2. The van der Waals surface area contributed by atoms with Gasteiger partial charge in [-0.3, -0.25) is 4.79 Å². The van der Waals surface area contributed by atoms with Crippen LogP contribution in [0.5, 0.6) is 5.75 Å². The zero-order chi connectivity index (χ0) is 19.3. The zero-order valence-corrected chi connectivity index (χ0v) is 14.5. The second kappa shape index (κ2) is 7.82. The Hall–Kier alpha value is -3.84. The van der Waals surface area contributed by atoms with Gasteiger partial charge in [0.25, 0.3) is 5.91 Å². The summed E-state index contributed by atoms with van der Waals surface area (Å²) in [6.07, 6.45) is 1.39. The molecule has 130 valence electrons. The fourth-order valence-electron chi connectivity index (χ4n) is 2.25. The molecule has 7 nitrogen and oxygen atoms in total. The third-order valence-corrected chi connectivity index (χ3v) is 3.88. The molecule has 0 aliphatic carbocycles. The fourth-order valence-corrected chi connectivity index (χ4v) is 2.25. The van der Waals surface area contributed by atoms with Gasteiger partial charge in [-0.15, -0.1) is 0 Å². The van der Waals surface area contributed by atoms with Crippen LogP contribution in [0.4, 0.5) is 0 Å². The van der Waals surface area contributed by atoms with Crippen molar-refractivity contribution < 1.29 is 14.3 Å². The van der Waals surface area contributed by atoms with Crippen molar-refractivity contribution in [2.75, 3.05) is 7.05 Å². The predicted octanol–water partition coefficient (Wildman–Crippen LogP) is 2.08. The van der Waals surface area contributed by atoms with Crippen molar-refractivity contribution in [3.05, 3.63) is 58.4 Å². The molecular weight excluding hydrogens is 332 g/mol. The first-order chi connectivity index (χ1) is 12.4. The van der Waals surface area contributed by atoms with Crippen LogP contribution in [-0.4, -0.2) is 23.5 Å². The van der Waals surface area contributed by atoms with Crippen LogP contribution in [0.3, 0.4) is 0 Å². The first-order valence-corrected chi connectivity index (χ1v) is 7.63. The highest BCUT2D eigenvalue weighted by atomic mass is 16.5. The molecule has 26 heavy (non-hydrogen) atoms. The van der Waals surface area contributed by atoms with E-state index in [0.29, 0.717) is 16.8 Å². The van der Waals surface area contributed by atoms with Crippen molar-refractivity contribution in [3.63, 3.8) is 0 Å². The second-order valence-corrected chi connectivity index (χ2v) is 5.40. The van der Waals surface area contributed by atoms with E-state index in [1.807, 2.05) is 12.1 Å². The Labute approximate surface area is 150 Å². The quantitative estimate of drug-likeness (QED) is 0.394. The highest BCUT2D eigenvalue weighted by molar-refractivity contribution is 5.99. The van der Waals surface area contributed by atoms with Crippen LogP contribution in [0.25, 0.3) is 6.08 Å². The first-order valence-electron chi connectivity index (χ1n) is 7.63. The molecule has 1 N–H and O–H groups in total. The molecule has 0 aliphatic rings. The Morgan fingerprint density at radius 1 is 1.23 bits per heavy atom. The number of nitrogens with zero attached hydrogens (tertiary/aromatic N) is 3. The van der Waals surface area contributed by atoms with Crippen LogP contribution >= 0.6 is 0 Å². The molecular formula is C19H16N4O3. The van der Waals surface area contributed by atoms with Crippen LogP contribution in [0.1, 0.15) is 27.3 Å². The number of ether oxygens (including phenoxy) is 1. The Morgan fingerprint density at radius 2 is 1.88 bits per heavy atom. The lowest BCUT2D eigenvalue weighted by Gasteiger charge is -2.05. The second-order valence-electron chi connectivity index (χ2n) is 5.40. The summed E-state index contributed by atoms with van der Waals surface area (Å²) in [4.78, 5) is 23.7. The number of rotatable bonds is 4. The summed E-state index contributed by atoms with van der Waals surface area (Å²) in [7, 11) is 3.24. The molecule has 1 heterocycles. The molecule has 0 saturated carbocycles. The summed E-state index contributed by atoms with van der Waals surface area (Å²) in [6, 6.07) is 11.4. The highest BCUT2D eigenvalue weighted by Gasteiger charge is 2.15. The molecule has 0 unspecified atom stereocenters. The zero-order valence-electron chi connectivity index (χ0n) is 14.5. The van der Waals surface area contributed by atoms with E-state index in [0.717, 1.165) is 5.69 Å². The lowest BCUT2D eigenvalue weighted by atomic mass is 10.1. The Kier molecular flexibility index (Phi) is 5.56. The Morgan fingerprint density at radius 3 is 2.38 bits per heavy atom. The van der Waals surface area contributed by atoms with Gasteiger partial charge in [-0.05, 0) is 48.9 Å². The van der Waals surface area contributed by atoms with Crippen LogP contribution < -0.4 is 10.1 Å². The number of nitriles is 2. The van der Waals surface area contributed by atoms with E-state index in [1.54, 1.807) is 24.6 Å². The third kappa shape index (κ3) is 3.80. The number of carbonyl (C=O) groups is 2. The Balaban J connectivity index is 2.23. The van der Waals surface area contributed by atoms with Gasteiger partial charge in [0.2, 0.25) is 0 Å². The summed E-state index contributed by atoms with van der Waals surface area (Å²) in [5, 5.41) is 20.8. The maximum atomic E-state index is 12.2. The molecule has 0 saturated heterocycles. The topological polar surface area (TPSA) is 108 Å². The molecule has 0 atom stereocenters. The lowest BCUT2D eigenvalue weighted by Crippen LogP contribution is -2.17. The summed E-state index contributed by atoms with van der Waals surface area (Å²) in [6.45, 7) is 1.78. The molecule has 2 aromatic rings. The van der Waals surface area contributed by atoms with Gasteiger partial charge >= 0.3 is 5.97 Å². The predicted molar refractivity (Wildman–Crippen MR) is 93.9 cm³/mol. The molecule has 1 aromatic carbocycles. The molecule has 0 aliphatic heterocycles. The Bertz CT molecular complexity index is 970. The number of benzene rings is 1. The molecule has 7 heteroatoms. The van der Waals surface area contributed by atoms with Crippen molar-refractivity contribution in [2.45, 2.75) is 6.92 Å². The normalized spacial score (nSPS) is 10.6. The average molecular weight is 348 g/mol. The minimum Gasteiger partial charge on any atom is -0.422 e. The van der Waals surface area contributed by atoms with Gasteiger partial charge in [-0.25, -0.2) is 4.79 Å².